The van der Waals surface area contributed by atoms with Crippen LogP contribution in [0.2, 0.25) is 0 Å². The Kier molecular flexibility index (Phi) is 4.84. The van der Waals surface area contributed by atoms with Crippen LogP contribution in [0.4, 0.5) is 10.1 Å². The van der Waals surface area contributed by atoms with Crippen molar-refractivity contribution in [1.29, 1.82) is 0 Å². The zero-order valence-electron chi connectivity index (χ0n) is 9.05. The molecule has 0 aliphatic rings. The van der Waals surface area contributed by atoms with Gasteiger partial charge in [0.25, 0.3) is 5.69 Å². The van der Waals surface area contributed by atoms with Crippen LogP contribution in [0.5, 0.6) is 0 Å². The molecule has 1 aromatic rings. The highest BCUT2D eigenvalue weighted by molar-refractivity contribution is 8.13. The first-order valence-corrected chi connectivity index (χ1v) is 5.73. The number of non-ortho nitro benzene ring substituents is 1. The Morgan fingerprint density at radius 1 is 1.59 bits per heavy atom. The van der Waals surface area contributed by atoms with E-state index >= 15 is 0 Å². The summed E-state index contributed by atoms with van der Waals surface area (Å²) in [6.07, 6.45) is 3.02. The van der Waals surface area contributed by atoms with Gasteiger partial charge in [0, 0.05) is 30.4 Å². The van der Waals surface area contributed by atoms with E-state index in [1.54, 1.807) is 6.08 Å². The maximum Gasteiger partial charge on any atom is 0.270 e. The van der Waals surface area contributed by atoms with E-state index in [2.05, 4.69) is 0 Å². The number of halogens is 1. The van der Waals surface area contributed by atoms with Crippen LogP contribution in [0.1, 0.15) is 12.5 Å². The maximum atomic E-state index is 13.3. The molecule has 0 aromatic heterocycles. The average molecular weight is 255 g/mol. The molecule has 0 spiro atoms. The molecule has 4 nitrogen and oxygen atoms in total. The summed E-state index contributed by atoms with van der Waals surface area (Å²) >= 11 is 1.08. The molecule has 0 N–H and O–H groups in total. The van der Waals surface area contributed by atoms with Gasteiger partial charge in [-0.05, 0) is 6.07 Å². The standard InChI is InChI=1S/C11H10FNO3S/c1-8(14)17-6-2-3-9-7-10(13(15)16)4-5-11(9)12/h2-5,7H,6H2,1H3. The minimum absolute atomic E-state index is 0.0332. The van der Waals surface area contributed by atoms with Crippen LogP contribution in [0.25, 0.3) is 6.08 Å². The van der Waals surface area contributed by atoms with Gasteiger partial charge in [0.1, 0.15) is 5.82 Å². The molecular formula is C11H10FNO3S. The first-order chi connectivity index (χ1) is 8.00. The van der Waals surface area contributed by atoms with Crippen molar-refractivity contribution in [3.05, 3.63) is 45.8 Å². The van der Waals surface area contributed by atoms with Gasteiger partial charge in [0.05, 0.1) is 4.92 Å². The lowest BCUT2D eigenvalue weighted by Gasteiger charge is -1.97. The quantitative estimate of drug-likeness (QED) is 0.613. The molecule has 0 aliphatic heterocycles. The zero-order chi connectivity index (χ0) is 12.8. The topological polar surface area (TPSA) is 60.2 Å². The molecule has 0 saturated carbocycles. The Morgan fingerprint density at radius 3 is 2.88 bits per heavy atom. The summed E-state index contributed by atoms with van der Waals surface area (Å²) in [6, 6.07) is 3.32. The number of nitro benzene ring substituents is 1. The van der Waals surface area contributed by atoms with Gasteiger partial charge in [-0.15, -0.1) is 0 Å². The second-order valence-electron chi connectivity index (χ2n) is 3.17. The number of nitrogens with zero attached hydrogens (tertiary/aromatic N) is 1. The van der Waals surface area contributed by atoms with Crippen LogP contribution in [0, 0.1) is 15.9 Å². The van der Waals surface area contributed by atoms with Gasteiger partial charge in [-0.3, -0.25) is 14.9 Å². The van der Waals surface area contributed by atoms with Gasteiger partial charge in [-0.1, -0.05) is 23.9 Å². The largest absolute Gasteiger partial charge is 0.288 e. The molecule has 0 unspecified atom stereocenters. The molecule has 1 rings (SSSR count). The Morgan fingerprint density at radius 2 is 2.29 bits per heavy atom. The van der Waals surface area contributed by atoms with Gasteiger partial charge in [0.15, 0.2) is 5.12 Å². The lowest BCUT2D eigenvalue weighted by Crippen LogP contribution is -1.90. The van der Waals surface area contributed by atoms with E-state index < -0.39 is 10.7 Å². The molecule has 6 heteroatoms. The number of thioether (sulfide) groups is 1. The van der Waals surface area contributed by atoms with Crippen LogP contribution in [-0.2, 0) is 4.79 Å². The molecule has 0 atom stereocenters. The Bertz CT molecular complexity index is 474. The van der Waals surface area contributed by atoms with E-state index in [-0.39, 0.29) is 16.4 Å². The summed E-state index contributed by atoms with van der Waals surface area (Å²) in [6.45, 7) is 1.44. The molecule has 0 heterocycles. The highest BCUT2D eigenvalue weighted by Crippen LogP contribution is 2.18. The summed E-state index contributed by atoms with van der Waals surface area (Å²) in [4.78, 5) is 20.5. The molecule has 90 valence electrons. The minimum Gasteiger partial charge on any atom is -0.288 e. The van der Waals surface area contributed by atoms with Crippen molar-refractivity contribution < 1.29 is 14.1 Å². The highest BCUT2D eigenvalue weighted by atomic mass is 32.2. The lowest BCUT2D eigenvalue weighted by atomic mass is 10.2. The molecular weight excluding hydrogens is 245 g/mol. The number of hydrogen-bond donors (Lipinski definition) is 0. The van der Waals surface area contributed by atoms with Crippen molar-refractivity contribution in [2.24, 2.45) is 0 Å². The van der Waals surface area contributed by atoms with Crippen molar-refractivity contribution >= 4 is 28.6 Å². The Balaban J connectivity index is 2.79. The number of benzene rings is 1. The molecule has 0 aliphatic carbocycles. The Hall–Kier alpha value is -1.69. The van der Waals surface area contributed by atoms with E-state index in [0.29, 0.717) is 5.75 Å². The van der Waals surface area contributed by atoms with E-state index in [1.165, 1.54) is 13.0 Å². The minimum atomic E-state index is -0.582. The monoisotopic (exact) mass is 255 g/mol. The zero-order valence-corrected chi connectivity index (χ0v) is 9.87. The molecule has 0 amide bonds. The van der Waals surface area contributed by atoms with Gasteiger partial charge in [0.2, 0.25) is 0 Å². The predicted octanol–water partition coefficient (Wildman–Crippen LogP) is 3.03. The molecule has 0 fully saturated rings. The van der Waals surface area contributed by atoms with Crippen molar-refractivity contribution in [2.75, 3.05) is 5.75 Å². The predicted molar refractivity (Wildman–Crippen MR) is 65.2 cm³/mol. The van der Waals surface area contributed by atoms with Crippen LogP contribution in [0.3, 0.4) is 0 Å². The summed E-state index contributed by atoms with van der Waals surface area (Å²) in [5.74, 6) is -0.114. The fraction of sp³-hybridized carbons (Fsp3) is 0.182. The van der Waals surface area contributed by atoms with Crippen molar-refractivity contribution in [3.8, 4) is 0 Å². The molecule has 17 heavy (non-hydrogen) atoms. The Labute approximate surface area is 102 Å². The van der Waals surface area contributed by atoms with Crippen molar-refractivity contribution in [3.63, 3.8) is 0 Å². The highest BCUT2D eigenvalue weighted by Gasteiger charge is 2.08. The van der Waals surface area contributed by atoms with Crippen LogP contribution < -0.4 is 0 Å². The van der Waals surface area contributed by atoms with Gasteiger partial charge >= 0.3 is 0 Å². The SMILES string of the molecule is CC(=O)SCC=Cc1cc([N+](=O)[O-])ccc1F. The van der Waals surface area contributed by atoms with Crippen LogP contribution in [0.15, 0.2) is 24.3 Å². The number of hydrogen-bond acceptors (Lipinski definition) is 4. The summed E-state index contributed by atoms with van der Waals surface area (Å²) in [7, 11) is 0. The third kappa shape index (κ3) is 4.36. The third-order valence-electron chi connectivity index (χ3n) is 1.87. The average Bonchev–Trinajstić information content (AvgIpc) is 2.25. The molecule has 1 aromatic carbocycles. The summed E-state index contributed by atoms with van der Waals surface area (Å²) in [5.41, 5.74) is -0.0198. The first kappa shape index (κ1) is 13.4. The van der Waals surface area contributed by atoms with Gasteiger partial charge < -0.3 is 0 Å². The summed E-state index contributed by atoms with van der Waals surface area (Å²) in [5, 5.41) is 10.5. The number of carbonyl (C=O) groups excluding carboxylic acids is 1. The van der Waals surface area contributed by atoms with Gasteiger partial charge in [-0.2, -0.15) is 0 Å². The normalized spacial score (nSPS) is 10.7. The third-order valence-corrected chi connectivity index (χ3v) is 2.64. The first-order valence-electron chi connectivity index (χ1n) is 4.74. The number of nitro groups is 1. The molecule has 0 saturated heterocycles. The lowest BCUT2D eigenvalue weighted by molar-refractivity contribution is -0.384. The maximum absolute atomic E-state index is 13.3. The number of rotatable bonds is 4. The van der Waals surface area contributed by atoms with Crippen molar-refractivity contribution in [2.45, 2.75) is 6.92 Å². The number of carbonyl (C=O) groups is 1. The molecule has 0 bridgehead atoms. The second kappa shape index (κ2) is 6.15. The summed E-state index contributed by atoms with van der Waals surface area (Å²) < 4.78 is 13.3. The second-order valence-corrected chi connectivity index (χ2v) is 4.36. The smallest absolute Gasteiger partial charge is 0.270 e. The van der Waals surface area contributed by atoms with E-state index in [9.17, 15) is 19.3 Å². The van der Waals surface area contributed by atoms with Crippen LogP contribution in [-0.4, -0.2) is 15.8 Å². The fourth-order valence-electron chi connectivity index (χ4n) is 1.11. The molecule has 0 radical (unpaired) electrons. The van der Waals surface area contributed by atoms with Crippen LogP contribution >= 0.6 is 11.8 Å². The van der Waals surface area contributed by atoms with E-state index in [4.69, 9.17) is 0 Å². The fourth-order valence-corrected chi connectivity index (χ4v) is 1.54. The van der Waals surface area contributed by atoms with Crippen molar-refractivity contribution in [1.82, 2.24) is 0 Å². The van der Waals surface area contributed by atoms with Gasteiger partial charge in [-0.25, -0.2) is 4.39 Å². The van der Waals surface area contributed by atoms with E-state index in [1.807, 2.05) is 0 Å². The van der Waals surface area contributed by atoms with E-state index in [0.717, 1.165) is 30.0 Å².